The van der Waals surface area contributed by atoms with Gasteiger partial charge >= 0.3 is 11.9 Å². The van der Waals surface area contributed by atoms with Gasteiger partial charge in [-0.1, -0.05) is 112 Å². The summed E-state index contributed by atoms with van der Waals surface area (Å²) in [5.74, 6) is 9.06. The first kappa shape index (κ1) is 33.9. The minimum Gasteiger partial charge on any atom is -0.480 e. The Morgan fingerprint density at radius 1 is 0.625 bits per heavy atom. The molecule has 10 nitrogen and oxygen atoms in total. The molecule has 4 aromatic carbocycles. The van der Waals surface area contributed by atoms with Crippen LogP contribution in [0.25, 0.3) is 11.1 Å². The monoisotopic (exact) mass is 896 g/mol. The lowest BCUT2D eigenvalue weighted by Gasteiger charge is -2.38. The Labute approximate surface area is 307 Å². The zero-order valence-electron chi connectivity index (χ0n) is 24.6. The smallest absolute Gasteiger partial charge is 0.319 e. The van der Waals surface area contributed by atoms with Crippen LogP contribution in [0.1, 0.15) is 46.2 Å². The molecular weight excluding hydrogens is 876 g/mol. The van der Waals surface area contributed by atoms with Gasteiger partial charge in [0.1, 0.15) is 10.8 Å². The van der Waals surface area contributed by atoms with E-state index < -0.39 is 22.8 Å². The van der Waals surface area contributed by atoms with Crippen LogP contribution in [0.15, 0.2) is 101 Å². The van der Waals surface area contributed by atoms with Crippen molar-refractivity contribution in [2.45, 2.75) is 23.7 Å². The first-order valence-corrected chi connectivity index (χ1v) is 17.4. The lowest BCUT2D eigenvalue weighted by molar-refractivity contribution is -0.143. The third-order valence-electron chi connectivity index (χ3n) is 9.07. The molecule has 0 heterocycles. The van der Waals surface area contributed by atoms with Crippen LogP contribution in [0.2, 0.25) is 0 Å². The molecular formula is C34H24Br4N6O4. The van der Waals surface area contributed by atoms with Crippen LogP contribution < -0.4 is 11.7 Å². The molecule has 2 unspecified atom stereocenters. The summed E-state index contributed by atoms with van der Waals surface area (Å²) in [6.45, 7) is 0. The van der Waals surface area contributed by atoms with Gasteiger partial charge in [-0.2, -0.15) is 10.2 Å². The molecule has 242 valence electrons. The molecule has 0 spiro atoms. The zero-order chi connectivity index (χ0) is 34.7. The third kappa shape index (κ3) is 4.91. The molecule has 4 aromatic rings. The van der Waals surface area contributed by atoms with Gasteiger partial charge in [-0.15, -0.1) is 0 Å². The number of hydrogen-bond acceptors (Lipinski definition) is 8. The molecule has 0 fully saturated rings. The van der Waals surface area contributed by atoms with Gasteiger partial charge in [0.2, 0.25) is 0 Å². The number of aliphatic carboxylic acids is 2. The van der Waals surface area contributed by atoms with Crippen LogP contribution in [-0.4, -0.2) is 45.0 Å². The molecule has 0 aliphatic heterocycles. The normalized spacial score (nSPS) is 22.0. The second kappa shape index (κ2) is 12.5. The predicted octanol–water partition coefficient (Wildman–Crippen LogP) is 7.32. The topological polar surface area (TPSA) is 199 Å². The van der Waals surface area contributed by atoms with Crippen LogP contribution in [0.4, 0.5) is 0 Å². The van der Waals surface area contributed by atoms with E-state index >= 15 is 0 Å². The number of carbonyl (C=O) groups is 2. The van der Waals surface area contributed by atoms with Gasteiger partial charge in [0, 0.05) is 53.0 Å². The molecule has 0 aromatic heterocycles. The Morgan fingerprint density at radius 2 is 0.938 bits per heavy atom. The third-order valence-corrected chi connectivity index (χ3v) is 11.6. The molecule has 2 atom stereocenters. The lowest BCUT2D eigenvalue weighted by Crippen LogP contribution is -2.46. The average molecular weight is 900 g/mol. The number of rotatable bonds is 5. The second-order valence-electron chi connectivity index (χ2n) is 11.4. The van der Waals surface area contributed by atoms with Crippen molar-refractivity contribution in [3.8, 4) is 11.1 Å². The molecule has 0 bridgehead atoms. The number of hydrazone groups is 2. The van der Waals surface area contributed by atoms with Crippen molar-refractivity contribution in [2.24, 2.45) is 21.9 Å². The van der Waals surface area contributed by atoms with E-state index in [2.05, 4.69) is 73.9 Å². The first-order chi connectivity index (χ1) is 22.8. The average Bonchev–Trinajstić information content (AvgIpc) is 3.06. The standard InChI is InChI=1S/C34H24Br4N6O4/c35-21-9-15(10-22(36)27(21)33(31(45)46)13-25(43-41)29(39)17-5-1-3-7-19(17)33)16-11-23(37)28(24(38)12-16)34(32(47)48)14-26(44-42)30(40)18-6-2-4-8-20(18)34/h1-12,39-40H,13-14,41-42H2,(H,45,46)(H,47,48). The summed E-state index contributed by atoms with van der Waals surface area (Å²) in [7, 11) is 0. The number of nitrogens with zero attached hydrogens (tertiary/aromatic N) is 2. The highest BCUT2D eigenvalue weighted by Crippen LogP contribution is 2.51. The highest BCUT2D eigenvalue weighted by atomic mass is 79.9. The predicted molar refractivity (Wildman–Crippen MR) is 199 cm³/mol. The fraction of sp³-hybridized carbons (Fsp3) is 0.118. The van der Waals surface area contributed by atoms with E-state index in [1.54, 1.807) is 72.8 Å². The van der Waals surface area contributed by atoms with Crippen molar-refractivity contribution in [1.29, 1.82) is 10.8 Å². The number of fused-ring (bicyclic) bond motifs is 2. The van der Waals surface area contributed by atoms with Crippen LogP contribution >= 0.6 is 63.7 Å². The number of nitrogens with two attached hydrogens (primary N) is 2. The molecule has 0 saturated heterocycles. The largest absolute Gasteiger partial charge is 0.480 e. The Kier molecular flexibility index (Phi) is 8.81. The molecule has 2 aliphatic rings. The number of carboxylic acid groups (broad SMARTS) is 2. The number of nitrogens with one attached hydrogen (secondary N) is 2. The SMILES string of the molecule is N=C1C(=NN)CC(C(=O)O)(c2c(Br)cc(-c3cc(Br)c(C4(C(=O)O)CC(=NN)C(=N)c5ccccc54)c(Br)c3)cc2Br)c2ccccc21. The van der Waals surface area contributed by atoms with Gasteiger partial charge in [-0.05, 0) is 46.5 Å². The van der Waals surface area contributed by atoms with E-state index in [9.17, 15) is 19.8 Å². The molecule has 2 aliphatic carbocycles. The minimum atomic E-state index is -1.63. The maximum Gasteiger partial charge on any atom is 0.319 e. The summed E-state index contributed by atoms with van der Waals surface area (Å²) < 4.78 is 1.93. The summed E-state index contributed by atoms with van der Waals surface area (Å²) >= 11 is 14.6. The van der Waals surface area contributed by atoms with Crippen molar-refractivity contribution in [1.82, 2.24) is 0 Å². The van der Waals surface area contributed by atoms with Crippen LogP contribution in [-0.2, 0) is 20.4 Å². The minimum absolute atomic E-state index is 0.0741. The summed E-state index contributed by atoms with van der Waals surface area (Å²) in [4.78, 5) is 26.6. The summed E-state index contributed by atoms with van der Waals surface area (Å²) in [5.41, 5.74) is 1.20. The highest BCUT2D eigenvalue weighted by molar-refractivity contribution is 9.11. The van der Waals surface area contributed by atoms with Gasteiger partial charge < -0.3 is 21.9 Å². The fourth-order valence-corrected chi connectivity index (χ4v) is 10.6. The van der Waals surface area contributed by atoms with Gasteiger partial charge in [-0.3, -0.25) is 20.4 Å². The van der Waals surface area contributed by atoms with Gasteiger partial charge in [0.25, 0.3) is 0 Å². The van der Waals surface area contributed by atoms with Crippen LogP contribution in [0.5, 0.6) is 0 Å². The Bertz CT molecular complexity index is 1990. The lowest BCUT2D eigenvalue weighted by atomic mass is 9.64. The van der Waals surface area contributed by atoms with Gasteiger partial charge in [-0.25, -0.2) is 0 Å². The zero-order valence-corrected chi connectivity index (χ0v) is 31.0. The number of hydrogen-bond donors (Lipinski definition) is 6. The highest BCUT2D eigenvalue weighted by Gasteiger charge is 2.52. The van der Waals surface area contributed by atoms with E-state index in [0.717, 1.165) is 0 Å². The van der Waals surface area contributed by atoms with E-state index in [0.29, 0.717) is 62.4 Å². The van der Waals surface area contributed by atoms with Crippen molar-refractivity contribution in [2.75, 3.05) is 0 Å². The molecule has 0 saturated carbocycles. The van der Waals surface area contributed by atoms with Crippen LogP contribution in [0, 0.1) is 10.8 Å². The molecule has 6 rings (SSSR count). The maximum absolute atomic E-state index is 13.3. The van der Waals surface area contributed by atoms with Crippen molar-refractivity contribution in [3.63, 3.8) is 0 Å². The first-order valence-electron chi connectivity index (χ1n) is 14.2. The number of benzene rings is 4. The Balaban J connectivity index is 1.53. The van der Waals surface area contributed by atoms with E-state index in [1.807, 2.05) is 0 Å². The van der Waals surface area contributed by atoms with E-state index in [-0.39, 0.29) is 35.7 Å². The molecule has 0 radical (unpaired) electrons. The van der Waals surface area contributed by atoms with Crippen molar-refractivity contribution in [3.05, 3.63) is 124 Å². The van der Waals surface area contributed by atoms with E-state index in [4.69, 9.17) is 22.5 Å². The van der Waals surface area contributed by atoms with E-state index in [1.165, 1.54) is 0 Å². The quantitative estimate of drug-likeness (QED) is 0.0896. The van der Waals surface area contributed by atoms with Gasteiger partial charge in [0.05, 0.1) is 22.8 Å². The number of halogens is 4. The van der Waals surface area contributed by atoms with Crippen molar-refractivity contribution < 1.29 is 19.8 Å². The van der Waals surface area contributed by atoms with Crippen LogP contribution in [0.3, 0.4) is 0 Å². The molecule has 0 amide bonds. The summed E-state index contributed by atoms with van der Waals surface area (Å²) in [6.07, 6.45) is -0.275. The number of carboxylic acids is 2. The summed E-state index contributed by atoms with van der Waals surface area (Å²) in [6, 6.07) is 20.9. The Morgan fingerprint density at radius 3 is 1.23 bits per heavy atom. The Hall–Kier alpha value is -3.98. The second-order valence-corrected chi connectivity index (χ2v) is 14.8. The molecule has 8 N–H and O–H groups in total. The fourth-order valence-electron chi connectivity index (χ4n) is 6.88. The maximum atomic E-state index is 13.3. The van der Waals surface area contributed by atoms with Gasteiger partial charge in [0.15, 0.2) is 0 Å². The summed E-state index contributed by atoms with van der Waals surface area (Å²) in [5, 5.41) is 46.5. The molecule has 48 heavy (non-hydrogen) atoms. The molecule has 14 heteroatoms. The van der Waals surface area contributed by atoms with Crippen molar-refractivity contribution >= 4 is 98.5 Å².